The molecule has 112 valence electrons. The molecule has 1 atom stereocenters. The van der Waals surface area contributed by atoms with E-state index in [1.807, 2.05) is 6.20 Å². The summed E-state index contributed by atoms with van der Waals surface area (Å²) in [5, 5.41) is 0.392. The van der Waals surface area contributed by atoms with E-state index in [1.54, 1.807) is 12.3 Å². The summed E-state index contributed by atoms with van der Waals surface area (Å²) in [5.74, 6) is 1.07. The Morgan fingerprint density at radius 3 is 3.10 bits per heavy atom. The molecule has 1 aliphatic heterocycles. The maximum Gasteiger partial charge on any atom is 0.141 e. The van der Waals surface area contributed by atoms with Crippen LogP contribution in [0.2, 0.25) is 5.02 Å². The lowest BCUT2D eigenvalue weighted by atomic mass is 9.99. The fourth-order valence-corrected chi connectivity index (χ4v) is 3.01. The Hall–Kier alpha value is -1.39. The number of aromatic nitrogens is 2. The molecule has 3 rings (SSSR count). The first-order valence-electron chi connectivity index (χ1n) is 7.28. The Balaban J connectivity index is 1.74. The molecule has 0 bridgehead atoms. The van der Waals surface area contributed by atoms with Crippen molar-refractivity contribution in [1.29, 1.82) is 0 Å². The zero-order valence-corrected chi connectivity index (χ0v) is 12.5. The number of benzene rings is 1. The Kier molecular flexibility index (Phi) is 4.56. The summed E-state index contributed by atoms with van der Waals surface area (Å²) in [6.07, 6.45) is 7.12. The first kappa shape index (κ1) is 14.5. The van der Waals surface area contributed by atoms with Gasteiger partial charge < -0.3 is 9.30 Å². The van der Waals surface area contributed by atoms with Gasteiger partial charge in [0.2, 0.25) is 0 Å². The van der Waals surface area contributed by atoms with Crippen molar-refractivity contribution in [2.24, 2.45) is 5.92 Å². The van der Waals surface area contributed by atoms with Gasteiger partial charge in [0.05, 0.1) is 5.02 Å². The van der Waals surface area contributed by atoms with E-state index in [4.69, 9.17) is 16.3 Å². The zero-order valence-electron chi connectivity index (χ0n) is 11.8. The van der Waals surface area contributed by atoms with Crippen molar-refractivity contribution in [3.8, 4) is 11.4 Å². The predicted octanol–water partition coefficient (Wildman–Crippen LogP) is 4.16. The highest BCUT2D eigenvalue weighted by atomic mass is 35.5. The maximum atomic E-state index is 13.2. The Morgan fingerprint density at radius 1 is 1.43 bits per heavy atom. The van der Waals surface area contributed by atoms with Gasteiger partial charge in [-0.3, -0.25) is 0 Å². The summed E-state index contributed by atoms with van der Waals surface area (Å²) in [6, 6.07) is 4.42. The molecule has 1 aromatic heterocycles. The van der Waals surface area contributed by atoms with E-state index in [9.17, 15) is 4.39 Å². The average molecular weight is 309 g/mol. The third-order valence-electron chi connectivity index (χ3n) is 3.92. The first-order chi connectivity index (χ1) is 10.2. The van der Waals surface area contributed by atoms with Crippen LogP contribution < -0.4 is 0 Å². The molecule has 1 aliphatic rings. The van der Waals surface area contributed by atoms with Crippen LogP contribution in [0.1, 0.15) is 19.3 Å². The molecule has 2 aromatic rings. The van der Waals surface area contributed by atoms with Crippen LogP contribution in [0.25, 0.3) is 11.4 Å². The second-order valence-corrected chi connectivity index (χ2v) is 5.85. The molecule has 21 heavy (non-hydrogen) atoms. The topological polar surface area (TPSA) is 27.1 Å². The lowest BCUT2D eigenvalue weighted by Crippen LogP contribution is -2.19. The molecule has 2 heterocycles. The molecule has 3 nitrogen and oxygen atoms in total. The minimum atomic E-state index is -0.332. The smallest absolute Gasteiger partial charge is 0.141 e. The Labute approximate surface area is 128 Å². The molecular weight excluding hydrogens is 291 g/mol. The van der Waals surface area contributed by atoms with Crippen molar-refractivity contribution >= 4 is 11.6 Å². The number of imidazole rings is 1. The van der Waals surface area contributed by atoms with E-state index >= 15 is 0 Å². The minimum Gasteiger partial charge on any atom is -0.381 e. The third-order valence-corrected chi connectivity index (χ3v) is 4.23. The number of rotatable bonds is 4. The summed E-state index contributed by atoms with van der Waals surface area (Å²) in [5.41, 5.74) is 0.767. The molecular formula is C16H18ClFN2O. The third kappa shape index (κ3) is 3.44. The Bertz CT molecular complexity index is 608. The van der Waals surface area contributed by atoms with Crippen molar-refractivity contribution in [2.45, 2.75) is 25.8 Å². The summed E-state index contributed by atoms with van der Waals surface area (Å²) in [4.78, 5) is 4.37. The second-order valence-electron chi connectivity index (χ2n) is 5.44. The van der Waals surface area contributed by atoms with Gasteiger partial charge in [-0.25, -0.2) is 9.37 Å². The van der Waals surface area contributed by atoms with Crippen LogP contribution in [-0.2, 0) is 11.3 Å². The number of ether oxygens (including phenoxy) is 1. The van der Waals surface area contributed by atoms with E-state index in [-0.39, 0.29) is 5.82 Å². The van der Waals surface area contributed by atoms with Gasteiger partial charge in [0, 0.05) is 37.7 Å². The number of nitrogens with zero attached hydrogens (tertiary/aromatic N) is 2. The van der Waals surface area contributed by atoms with Gasteiger partial charge in [-0.05, 0) is 43.4 Å². The van der Waals surface area contributed by atoms with Gasteiger partial charge >= 0.3 is 0 Å². The van der Waals surface area contributed by atoms with Gasteiger partial charge in [0.25, 0.3) is 0 Å². The fraction of sp³-hybridized carbons (Fsp3) is 0.438. The van der Waals surface area contributed by atoms with E-state index in [1.165, 1.54) is 18.6 Å². The molecule has 5 heteroatoms. The van der Waals surface area contributed by atoms with Crippen LogP contribution in [-0.4, -0.2) is 22.8 Å². The van der Waals surface area contributed by atoms with Crippen LogP contribution >= 0.6 is 11.6 Å². The molecule has 1 saturated heterocycles. The largest absolute Gasteiger partial charge is 0.381 e. The van der Waals surface area contributed by atoms with Gasteiger partial charge in [-0.2, -0.15) is 0 Å². The van der Waals surface area contributed by atoms with E-state index < -0.39 is 0 Å². The first-order valence-corrected chi connectivity index (χ1v) is 7.66. The molecule has 1 aromatic carbocycles. The molecule has 0 spiro atoms. The highest BCUT2D eigenvalue weighted by molar-refractivity contribution is 6.33. The number of hydrogen-bond acceptors (Lipinski definition) is 2. The molecule has 0 aliphatic carbocycles. The van der Waals surface area contributed by atoms with E-state index in [0.717, 1.165) is 44.0 Å². The molecule has 1 fully saturated rings. The van der Waals surface area contributed by atoms with Crippen LogP contribution in [0.3, 0.4) is 0 Å². The van der Waals surface area contributed by atoms with Gasteiger partial charge in [-0.1, -0.05) is 11.6 Å². The number of aryl methyl sites for hydroxylation is 1. The van der Waals surface area contributed by atoms with Crippen molar-refractivity contribution in [1.82, 2.24) is 9.55 Å². The highest BCUT2D eigenvalue weighted by Crippen LogP contribution is 2.28. The Morgan fingerprint density at radius 2 is 2.33 bits per heavy atom. The quantitative estimate of drug-likeness (QED) is 0.848. The molecule has 0 N–H and O–H groups in total. The van der Waals surface area contributed by atoms with Crippen molar-refractivity contribution in [3.63, 3.8) is 0 Å². The van der Waals surface area contributed by atoms with Crippen LogP contribution in [0.5, 0.6) is 0 Å². The van der Waals surface area contributed by atoms with Gasteiger partial charge in [-0.15, -0.1) is 0 Å². The summed E-state index contributed by atoms with van der Waals surface area (Å²) < 4.78 is 20.7. The average Bonchev–Trinajstić information content (AvgIpc) is 2.94. The van der Waals surface area contributed by atoms with Crippen LogP contribution in [0, 0.1) is 11.7 Å². The monoisotopic (exact) mass is 308 g/mol. The summed E-state index contributed by atoms with van der Waals surface area (Å²) in [7, 11) is 0. The maximum absolute atomic E-state index is 13.2. The highest BCUT2D eigenvalue weighted by Gasteiger charge is 2.15. The number of hydrogen-bond donors (Lipinski definition) is 0. The molecule has 0 amide bonds. The van der Waals surface area contributed by atoms with Gasteiger partial charge in [0.1, 0.15) is 11.6 Å². The van der Waals surface area contributed by atoms with E-state index in [2.05, 4.69) is 9.55 Å². The lowest BCUT2D eigenvalue weighted by molar-refractivity contribution is 0.0501. The minimum absolute atomic E-state index is 0.332. The fourth-order valence-electron chi connectivity index (χ4n) is 2.76. The van der Waals surface area contributed by atoms with E-state index in [0.29, 0.717) is 10.9 Å². The normalized spacial score (nSPS) is 18.9. The van der Waals surface area contributed by atoms with Crippen molar-refractivity contribution in [2.75, 3.05) is 13.2 Å². The molecule has 0 saturated carbocycles. The van der Waals surface area contributed by atoms with Crippen molar-refractivity contribution < 1.29 is 9.13 Å². The summed E-state index contributed by atoms with van der Waals surface area (Å²) in [6.45, 7) is 2.61. The van der Waals surface area contributed by atoms with Gasteiger partial charge in [0.15, 0.2) is 0 Å². The SMILES string of the molecule is Fc1ccc(-c2nccn2CCC2CCCOC2)c(Cl)c1. The standard InChI is InChI=1S/C16H18ClFN2O/c17-15-10-13(18)3-4-14(15)16-19-6-8-20(16)7-5-12-2-1-9-21-11-12/h3-4,6,8,10,12H,1-2,5,7,9,11H2. The second kappa shape index (κ2) is 6.58. The van der Waals surface area contributed by atoms with Crippen molar-refractivity contribution in [3.05, 3.63) is 41.4 Å². The predicted molar refractivity (Wildman–Crippen MR) is 80.8 cm³/mol. The molecule has 0 radical (unpaired) electrons. The lowest BCUT2D eigenvalue weighted by Gasteiger charge is -2.22. The number of halogens is 2. The molecule has 1 unspecified atom stereocenters. The summed E-state index contributed by atoms with van der Waals surface area (Å²) >= 11 is 6.13. The van der Waals surface area contributed by atoms with Crippen LogP contribution in [0.15, 0.2) is 30.6 Å². The van der Waals surface area contributed by atoms with Crippen LogP contribution in [0.4, 0.5) is 4.39 Å². The zero-order chi connectivity index (χ0) is 14.7.